The molecule has 0 aliphatic rings. The predicted octanol–water partition coefficient (Wildman–Crippen LogP) is 3.75. The van der Waals surface area contributed by atoms with Crippen LogP contribution in [-0.4, -0.2) is 19.1 Å². The highest BCUT2D eigenvalue weighted by atomic mass is 16.5. The van der Waals surface area contributed by atoms with Crippen LogP contribution in [0.25, 0.3) is 0 Å². The summed E-state index contributed by atoms with van der Waals surface area (Å²) in [6, 6.07) is 13.2. The fraction of sp³-hybridized carbons (Fsp3) is 0.278. The SMILES string of the molecule is COc1ccccc1N[C@@H](C)C(=O)Nc1cc(C)ccc1C. The number of aryl methyl sites for hydroxylation is 2. The lowest BCUT2D eigenvalue weighted by Crippen LogP contribution is -2.32. The van der Waals surface area contributed by atoms with Crippen molar-refractivity contribution in [1.29, 1.82) is 0 Å². The van der Waals surface area contributed by atoms with Gasteiger partial charge in [0.05, 0.1) is 12.8 Å². The third-order valence-corrected chi connectivity index (χ3v) is 3.52. The van der Waals surface area contributed by atoms with Crippen LogP contribution in [0.1, 0.15) is 18.1 Å². The van der Waals surface area contributed by atoms with Crippen LogP contribution < -0.4 is 15.4 Å². The summed E-state index contributed by atoms with van der Waals surface area (Å²) in [5.74, 6) is 0.633. The Bertz CT molecular complexity index is 668. The van der Waals surface area contributed by atoms with E-state index in [2.05, 4.69) is 10.6 Å². The van der Waals surface area contributed by atoms with Gasteiger partial charge in [0.25, 0.3) is 0 Å². The summed E-state index contributed by atoms with van der Waals surface area (Å²) < 4.78 is 5.28. The van der Waals surface area contributed by atoms with Crippen molar-refractivity contribution < 1.29 is 9.53 Å². The largest absolute Gasteiger partial charge is 0.495 e. The predicted molar refractivity (Wildman–Crippen MR) is 90.6 cm³/mol. The number of methoxy groups -OCH3 is 1. The Morgan fingerprint density at radius 1 is 1.09 bits per heavy atom. The fourth-order valence-electron chi connectivity index (χ4n) is 2.17. The van der Waals surface area contributed by atoms with Gasteiger partial charge < -0.3 is 15.4 Å². The number of benzene rings is 2. The molecule has 0 radical (unpaired) electrons. The van der Waals surface area contributed by atoms with E-state index in [9.17, 15) is 4.79 Å². The zero-order valence-electron chi connectivity index (χ0n) is 13.4. The monoisotopic (exact) mass is 298 g/mol. The molecular formula is C18H22N2O2. The van der Waals surface area contributed by atoms with Gasteiger partial charge in [-0.25, -0.2) is 0 Å². The number of hydrogen-bond donors (Lipinski definition) is 2. The molecule has 0 aliphatic carbocycles. The highest BCUT2D eigenvalue weighted by Crippen LogP contribution is 2.24. The van der Waals surface area contributed by atoms with Crippen molar-refractivity contribution in [2.45, 2.75) is 26.8 Å². The summed E-state index contributed by atoms with van der Waals surface area (Å²) >= 11 is 0. The normalized spacial score (nSPS) is 11.6. The lowest BCUT2D eigenvalue weighted by Gasteiger charge is -2.18. The van der Waals surface area contributed by atoms with Gasteiger partial charge in [-0.05, 0) is 50.1 Å². The molecule has 0 aliphatic heterocycles. The minimum Gasteiger partial charge on any atom is -0.495 e. The molecule has 0 fully saturated rings. The van der Waals surface area contributed by atoms with E-state index in [0.717, 1.165) is 22.5 Å². The van der Waals surface area contributed by atoms with Crippen LogP contribution in [0, 0.1) is 13.8 Å². The molecule has 0 heterocycles. The Labute approximate surface area is 131 Å². The summed E-state index contributed by atoms with van der Waals surface area (Å²) in [5.41, 5.74) is 3.81. The second-order valence-corrected chi connectivity index (χ2v) is 5.37. The Hall–Kier alpha value is -2.49. The maximum absolute atomic E-state index is 12.4. The first-order valence-corrected chi connectivity index (χ1v) is 7.29. The molecule has 0 spiro atoms. The summed E-state index contributed by atoms with van der Waals surface area (Å²) in [6.07, 6.45) is 0. The van der Waals surface area contributed by atoms with Crippen molar-refractivity contribution >= 4 is 17.3 Å². The summed E-state index contributed by atoms with van der Waals surface area (Å²) in [4.78, 5) is 12.4. The van der Waals surface area contributed by atoms with Crippen LogP contribution in [-0.2, 0) is 4.79 Å². The van der Waals surface area contributed by atoms with Crippen molar-refractivity contribution in [3.8, 4) is 5.75 Å². The molecule has 1 atom stereocenters. The Morgan fingerprint density at radius 2 is 1.82 bits per heavy atom. The highest BCUT2D eigenvalue weighted by molar-refractivity contribution is 5.97. The lowest BCUT2D eigenvalue weighted by molar-refractivity contribution is -0.116. The van der Waals surface area contributed by atoms with E-state index in [1.165, 1.54) is 0 Å². The zero-order valence-corrected chi connectivity index (χ0v) is 13.4. The van der Waals surface area contributed by atoms with Crippen LogP contribution in [0.15, 0.2) is 42.5 Å². The van der Waals surface area contributed by atoms with E-state index in [1.807, 2.05) is 63.2 Å². The molecule has 22 heavy (non-hydrogen) atoms. The molecule has 4 nitrogen and oxygen atoms in total. The van der Waals surface area contributed by atoms with Crippen LogP contribution >= 0.6 is 0 Å². The fourth-order valence-corrected chi connectivity index (χ4v) is 2.17. The average molecular weight is 298 g/mol. The third-order valence-electron chi connectivity index (χ3n) is 3.52. The number of nitrogens with one attached hydrogen (secondary N) is 2. The van der Waals surface area contributed by atoms with E-state index < -0.39 is 0 Å². The van der Waals surface area contributed by atoms with Crippen molar-refractivity contribution in [2.75, 3.05) is 17.7 Å². The van der Waals surface area contributed by atoms with Crippen molar-refractivity contribution in [1.82, 2.24) is 0 Å². The average Bonchev–Trinajstić information content (AvgIpc) is 2.51. The van der Waals surface area contributed by atoms with E-state index in [1.54, 1.807) is 7.11 Å². The van der Waals surface area contributed by atoms with Gasteiger partial charge in [-0.2, -0.15) is 0 Å². The molecular weight excluding hydrogens is 276 g/mol. The molecule has 0 saturated heterocycles. The number of para-hydroxylation sites is 2. The van der Waals surface area contributed by atoms with Gasteiger partial charge in [-0.15, -0.1) is 0 Å². The van der Waals surface area contributed by atoms with Crippen LogP contribution in [0.4, 0.5) is 11.4 Å². The zero-order chi connectivity index (χ0) is 16.1. The van der Waals surface area contributed by atoms with Gasteiger partial charge in [0, 0.05) is 5.69 Å². The summed E-state index contributed by atoms with van der Waals surface area (Å²) in [6.45, 7) is 5.81. The summed E-state index contributed by atoms with van der Waals surface area (Å²) in [5, 5.41) is 6.14. The first-order valence-electron chi connectivity index (χ1n) is 7.29. The Kier molecular flexibility index (Phi) is 5.04. The quantitative estimate of drug-likeness (QED) is 0.884. The smallest absolute Gasteiger partial charge is 0.246 e. The Balaban J connectivity index is 2.07. The van der Waals surface area contributed by atoms with Gasteiger partial charge in [-0.1, -0.05) is 24.3 Å². The minimum atomic E-state index is -0.379. The maximum atomic E-state index is 12.4. The van der Waals surface area contributed by atoms with Crippen molar-refractivity contribution in [3.05, 3.63) is 53.6 Å². The van der Waals surface area contributed by atoms with E-state index >= 15 is 0 Å². The molecule has 0 saturated carbocycles. The molecule has 1 amide bonds. The number of hydrogen-bond acceptors (Lipinski definition) is 3. The standard InChI is InChI=1S/C18H22N2O2/c1-12-9-10-13(2)16(11-12)20-18(21)14(3)19-15-7-5-6-8-17(15)22-4/h5-11,14,19H,1-4H3,(H,20,21)/t14-/m0/s1. The number of rotatable bonds is 5. The second-order valence-electron chi connectivity index (χ2n) is 5.37. The van der Waals surface area contributed by atoms with Crippen molar-refractivity contribution in [2.24, 2.45) is 0 Å². The molecule has 2 rings (SSSR count). The first-order chi connectivity index (χ1) is 10.5. The second kappa shape index (κ2) is 6.98. The van der Waals surface area contributed by atoms with Crippen molar-refractivity contribution in [3.63, 3.8) is 0 Å². The van der Waals surface area contributed by atoms with Gasteiger partial charge in [0.15, 0.2) is 0 Å². The minimum absolute atomic E-state index is 0.0837. The molecule has 2 aromatic rings. The molecule has 2 N–H and O–H groups in total. The van der Waals surface area contributed by atoms with Gasteiger partial charge in [-0.3, -0.25) is 4.79 Å². The van der Waals surface area contributed by atoms with Crippen LogP contribution in [0.2, 0.25) is 0 Å². The number of carbonyl (C=O) groups is 1. The Morgan fingerprint density at radius 3 is 2.55 bits per heavy atom. The number of anilines is 2. The molecule has 0 unspecified atom stereocenters. The first kappa shape index (κ1) is 15.9. The van der Waals surface area contributed by atoms with Gasteiger partial charge in [0.1, 0.15) is 11.8 Å². The number of carbonyl (C=O) groups excluding carboxylic acids is 1. The van der Waals surface area contributed by atoms with Crippen LogP contribution in [0.3, 0.4) is 0 Å². The molecule has 2 aromatic carbocycles. The van der Waals surface area contributed by atoms with E-state index in [0.29, 0.717) is 5.75 Å². The number of ether oxygens (including phenoxy) is 1. The lowest BCUT2D eigenvalue weighted by atomic mass is 10.1. The molecule has 0 bridgehead atoms. The van der Waals surface area contributed by atoms with E-state index in [4.69, 9.17) is 4.74 Å². The molecule has 0 aromatic heterocycles. The summed E-state index contributed by atoms with van der Waals surface area (Å²) in [7, 11) is 1.61. The highest BCUT2D eigenvalue weighted by Gasteiger charge is 2.15. The molecule has 116 valence electrons. The van der Waals surface area contributed by atoms with Crippen LogP contribution in [0.5, 0.6) is 5.75 Å². The molecule has 4 heteroatoms. The van der Waals surface area contributed by atoms with Gasteiger partial charge >= 0.3 is 0 Å². The van der Waals surface area contributed by atoms with E-state index in [-0.39, 0.29) is 11.9 Å². The maximum Gasteiger partial charge on any atom is 0.246 e. The topological polar surface area (TPSA) is 50.4 Å². The third kappa shape index (κ3) is 3.79. The number of amides is 1. The van der Waals surface area contributed by atoms with Gasteiger partial charge in [0.2, 0.25) is 5.91 Å².